The number of benzene rings is 1. The van der Waals surface area contributed by atoms with E-state index in [1.54, 1.807) is 11.0 Å². The summed E-state index contributed by atoms with van der Waals surface area (Å²) in [7, 11) is 0. The van der Waals surface area contributed by atoms with Gasteiger partial charge in [-0.3, -0.25) is 9.59 Å². The van der Waals surface area contributed by atoms with Gasteiger partial charge in [0.05, 0.1) is 17.1 Å². The molecule has 1 aromatic heterocycles. The average Bonchev–Trinajstić information content (AvgIpc) is 3.17. The number of nitrogens with zero attached hydrogens (tertiary/aromatic N) is 2. The van der Waals surface area contributed by atoms with Crippen LogP contribution in [-0.4, -0.2) is 40.0 Å². The molecule has 0 saturated carbocycles. The maximum absolute atomic E-state index is 12.4. The molecule has 1 N–H and O–H groups in total. The van der Waals surface area contributed by atoms with Gasteiger partial charge in [0.25, 0.3) is 5.91 Å². The normalized spacial score (nSPS) is 17.7. The predicted molar refractivity (Wildman–Crippen MR) is 84.2 cm³/mol. The van der Waals surface area contributed by atoms with Crippen molar-refractivity contribution < 1.29 is 14.7 Å². The average molecular weight is 337 g/mol. The van der Waals surface area contributed by atoms with E-state index < -0.39 is 11.9 Å². The fraction of sp³-hybridized carbons (Fsp3) is 0.267. The number of rotatable bonds is 3. The zero-order valence-corrected chi connectivity index (χ0v) is 13.1. The Morgan fingerprint density at radius 2 is 2.14 bits per heavy atom. The second kappa shape index (κ2) is 6.06. The standard InChI is InChI=1S/C15H13ClN2O3S/c16-11-4-2-1-3-10(11)13-17-7-12(22-13)14(19)18-6-5-9(8-18)15(20)21/h1-4,7,9H,5-6,8H2,(H,20,21)/t9-/m1/s1. The van der Waals surface area contributed by atoms with Gasteiger partial charge in [0.15, 0.2) is 0 Å². The summed E-state index contributed by atoms with van der Waals surface area (Å²) in [4.78, 5) is 29.7. The lowest BCUT2D eigenvalue weighted by molar-refractivity contribution is -0.141. The number of amides is 1. The van der Waals surface area contributed by atoms with E-state index in [1.807, 2.05) is 18.2 Å². The molecule has 1 aliphatic heterocycles. The van der Waals surface area contributed by atoms with E-state index in [0.29, 0.717) is 27.9 Å². The number of hydrogen-bond donors (Lipinski definition) is 1. The van der Waals surface area contributed by atoms with Crippen molar-refractivity contribution in [1.82, 2.24) is 9.88 Å². The van der Waals surface area contributed by atoms with Crippen molar-refractivity contribution in [1.29, 1.82) is 0 Å². The van der Waals surface area contributed by atoms with Gasteiger partial charge in [-0.1, -0.05) is 29.8 Å². The molecule has 0 radical (unpaired) electrons. The highest BCUT2D eigenvalue weighted by molar-refractivity contribution is 7.17. The van der Waals surface area contributed by atoms with Gasteiger partial charge in [-0.25, -0.2) is 4.98 Å². The molecule has 0 unspecified atom stereocenters. The topological polar surface area (TPSA) is 70.5 Å². The highest BCUT2D eigenvalue weighted by atomic mass is 35.5. The Balaban J connectivity index is 1.78. The van der Waals surface area contributed by atoms with Crippen molar-refractivity contribution in [3.63, 3.8) is 0 Å². The van der Waals surface area contributed by atoms with Crippen LogP contribution in [-0.2, 0) is 4.79 Å². The zero-order valence-electron chi connectivity index (χ0n) is 11.5. The van der Waals surface area contributed by atoms with Crippen LogP contribution in [0, 0.1) is 5.92 Å². The lowest BCUT2D eigenvalue weighted by Crippen LogP contribution is -2.29. The van der Waals surface area contributed by atoms with Crippen LogP contribution in [0.25, 0.3) is 10.6 Å². The van der Waals surface area contributed by atoms with Gasteiger partial charge in [0.2, 0.25) is 0 Å². The Labute approximate surface area is 136 Å². The minimum atomic E-state index is -0.851. The van der Waals surface area contributed by atoms with Crippen LogP contribution in [0.2, 0.25) is 5.02 Å². The van der Waals surface area contributed by atoms with Crippen molar-refractivity contribution in [3.05, 3.63) is 40.4 Å². The van der Waals surface area contributed by atoms with Crippen LogP contribution in [0.1, 0.15) is 16.1 Å². The lowest BCUT2D eigenvalue weighted by Gasteiger charge is -2.13. The molecular weight excluding hydrogens is 324 g/mol. The smallest absolute Gasteiger partial charge is 0.308 e. The molecule has 0 spiro atoms. The summed E-state index contributed by atoms with van der Waals surface area (Å²) in [6.07, 6.45) is 2.02. The molecule has 2 aromatic rings. The fourth-order valence-corrected chi connectivity index (χ4v) is 3.64. The van der Waals surface area contributed by atoms with Crippen LogP contribution in [0.15, 0.2) is 30.5 Å². The third kappa shape index (κ3) is 2.84. The summed E-state index contributed by atoms with van der Waals surface area (Å²) < 4.78 is 0. The molecule has 114 valence electrons. The molecule has 5 nitrogen and oxygen atoms in total. The highest BCUT2D eigenvalue weighted by Gasteiger charge is 2.32. The van der Waals surface area contributed by atoms with Gasteiger partial charge in [-0.05, 0) is 12.5 Å². The van der Waals surface area contributed by atoms with Crippen LogP contribution in [0.5, 0.6) is 0 Å². The largest absolute Gasteiger partial charge is 0.481 e. The van der Waals surface area contributed by atoms with Gasteiger partial charge < -0.3 is 10.0 Å². The number of carbonyl (C=O) groups excluding carboxylic acids is 1. The third-order valence-electron chi connectivity index (χ3n) is 3.65. The van der Waals surface area contributed by atoms with Gasteiger partial charge in [0.1, 0.15) is 9.88 Å². The quantitative estimate of drug-likeness (QED) is 0.935. The molecule has 1 atom stereocenters. The molecule has 0 bridgehead atoms. The molecule has 1 saturated heterocycles. The van der Waals surface area contributed by atoms with Crippen LogP contribution >= 0.6 is 22.9 Å². The Morgan fingerprint density at radius 1 is 1.36 bits per heavy atom. The van der Waals surface area contributed by atoms with Crippen molar-refractivity contribution in [2.24, 2.45) is 5.92 Å². The van der Waals surface area contributed by atoms with Crippen molar-refractivity contribution in [2.45, 2.75) is 6.42 Å². The van der Waals surface area contributed by atoms with Crippen molar-refractivity contribution >= 4 is 34.8 Å². The fourth-order valence-electron chi connectivity index (χ4n) is 2.43. The first-order chi connectivity index (χ1) is 10.6. The summed E-state index contributed by atoms with van der Waals surface area (Å²) >= 11 is 7.41. The molecule has 2 heterocycles. The van der Waals surface area contributed by atoms with Crippen molar-refractivity contribution in [3.8, 4) is 10.6 Å². The van der Waals surface area contributed by atoms with Gasteiger partial charge in [-0.2, -0.15) is 0 Å². The molecule has 1 amide bonds. The number of carboxylic acid groups (broad SMARTS) is 1. The molecular formula is C15H13ClN2O3S. The Hall–Kier alpha value is -1.92. The summed E-state index contributed by atoms with van der Waals surface area (Å²) in [5.74, 6) is -1.49. The summed E-state index contributed by atoms with van der Waals surface area (Å²) in [5.41, 5.74) is 0.790. The molecule has 1 fully saturated rings. The third-order valence-corrected chi connectivity index (χ3v) is 4.99. The molecule has 0 aliphatic carbocycles. The molecule has 7 heteroatoms. The van der Waals surface area contributed by atoms with Crippen LogP contribution < -0.4 is 0 Å². The van der Waals surface area contributed by atoms with Crippen LogP contribution in [0.4, 0.5) is 0 Å². The summed E-state index contributed by atoms with van der Waals surface area (Å²) in [6.45, 7) is 0.725. The van der Waals surface area contributed by atoms with Gasteiger partial charge in [-0.15, -0.1) is 11.3 Å². The van der Waals surface area contributed by atoms with E-state index >= 15 is 0 Å². The number of aromatic nitrogens is 1. The molecule has 1 aliphatic rings. The van der Waals surface area contributed by atoms with Crippen LogP contribution in [0.3, 0.4) is 0 Å². The van der Waals surface area contributed by atoms with E-state index in [1.165, 1.54) is 17.5 Å². The number of aliphatic carboxylic acids is 1. The van der Waals surface area contributed by atoms with E-state index in [9.17, 15) is 9.59 Å². The predicted octanol–water partition coefficient (Wildman–Crippen LogP) is 3.01. The summed E-state index contributed by atoms with van der Waals surface area (Å²) in [5, 5.41) is 10.3. The van der Waals surface area contributed by atoms with E-state index in [0.717, 1.165) is 5.56 Å². The minimum Gasteiger partial charge on any atom is -0.481 e. The number of carboxylic acids is 1. The first-order valence-corrected chi connectivity index (χ1v) is 7.98. The van der Waals surface area contributed by atoms with Gasteiger partial charge in [0, 0.05) is 18.7 Å². The Morgan fingerprint density at radius 3 is 2.82 bits per heavy atom. The first kappa shape index (κ1) is 15.0. The monoisotopic (exact) mass is 336 g/mol. The minimum absolute atomic E-state index is 0.167. The van der Waals surface area contributed by atoms with E-state index in [2.05, 4.69) is 4.98 Å². The second-order valence-electron chi connectivity index (χ2n) is 5.08. The number of carbonyl (C=O) groups is 2. The zero-order chi connectivity index (χ0) is 15.7. The SMILES string of the molecule is O=C(O)[C@@H]1CCN(C(=O)c2cnc(-c3ccccc3Cl)s2)C1. The number of thiazole rings is 1. The molecule has 1 aromatic carbocycles. The van der Waals surface area contributed by atoms with E-state index in [-0.39, 0.29) is 12.5 Å². The number of hydrogen-bond acceptors (Lipinski definition) is 4. The van der Waals surface area contributed by atoms with Crippen molar-refractivity contribution in [2.75, 3.05) is 13.1 Å². The highest BCUT2D eigenvalue weighted by Crippen LogP contribution is 2.32. The number of likely N-dealkylation sites (tertiary alicyclic amines) is 1. The van der Waals surface area contributed by atoms with E-state index in [4.69, 9.17) is 16.7 Å². The Bertz CT molecular complexity index is 731. The second-order valence-corrected chi connectivity index (χ2v) is 6.52. The maximum atomic E-state index is 12.4. The maximum Gasteiger partial charge on any atom is 0.308 e. The summed E-state index contributed by atoms with van der Waals surface area (Å²) in [6, 6.07) is 7.33. The van der Waals surface area contributed by atoms with Gasteiger partial charge >= 0.3 is 5.97 Å². The lowest BCUT2D eigenvalue weighted by atomic mass is 10.1. The number of halogens is 1. The molecule has 3 rings (SSSR count). The Kier molecular flexibility index (Phi) is 4.13. The first-order valence-electron chi connectivity index (χ1n) is 6.79. The molecule has 22 heavy (non-hydrogen) atoms.